The Bertz CT molecular complexity index is 488. The molecule has 1 rings (SSSR count). The van der Waals surface area contributed by atoms with Crippen LogP contribution in [0.25, 0.3) is 0 Å². The predicted octanol–water partition coefficient (Wildman–Crippen LogP) is 4.20. The van der Waals surface area contributed by atoms with Crippen LogP contribution in [0.15, 0.2) is 36.0 Å². The van der Waals surface area contributed by atoms with Crippen molar-refractivity contribution in [1.29, 1.82) is 0 Å². The van der Waals surface area contributed by atoms with Gasteiger partial charge in [-0.1, -0.05) is 50.1 Å². The number of carboxylic acid groups (broad SMARTS) is 1. The molecule has 0 heterocycles. The molecule has 1 fully saturated rings. The maximum Gasteiger partial charge on any atom is 0.303 e. The lowest BCUT2D eigenvalue weighted by molar-refractivity contribution is -0.137. The van der Waals surface area contributed by atoms with Gasteiger partial charge in [0.1, 0.15) is 0 Å². The number of ketones is 1. The molecule has 0 spiro atoms. The Balaban J connectivity index is 2.48. The first-order chi connectivity index (χ1) is 11.5. The van der Waals surface area contributed by atoms with Gasteiger partial charge in [0, 0.05) is 24.3 Å². The SMILES string of the molecule is CCCCC/C=C\C=C1\C(=O)CC[C@H]1/C=C/[C@H](O)CCCC(=O)O. The largest absolute Gasteiger partial charge is 0.481 e. The Morgan fingerprint density at radius 1 is 1.33 bits per heavy atom. The molecule has 134 valence electrons. The molecule has 0 bridgehead atoms. The van der Waals surface area contributed by atoms with Gasteiger partial charge in [0.2, 0.25) is 0 Å². The third-order valence-electron chi connectivity index (χ3n) is 4.25. The number of unbranched alkanes of at least 4 members (excludes halogenated alkanes) is 3. The molecule has 0 radical (unpaired) electrons. The minimum Gasteiger partial charge on any atom is -0.481 e. The van der Waals surface area contributed by atoms with Crippen LogP contribution in [0.3, 0.4) is 0 Å². The molecule has 0 unspecified atom stereocenters. The van der Waals surface area contributed by atoms with E-state index in [0.29, 0.717) is 19.3 Å². The molecule has 4 heteroatoms. The van der Waals surface area contributed by atoms with Crippen molar-refractivity contribution in [2.24, 2.45) is 5.92 Å². The molecule has 0 aromatic heterocycles. The number of Topliss-reactive ketones (excluding diaryl/α,β-unsaturated/α-hetero) is 1. The van der Waals surface area contributed by atoms with Crippen molar-refractivity contribution < 1.29 is 19.8 Å². The molecule has 2 N–H and O–H groups in total. The van der Waals surface area contributed by atoms with Crippen molar-refractivity contribution in [3.63, 3.8) is 0 Å². The fourth-order valence-corrected chi connectivity index (χ4v) is 2.81. The molecular weight excluding hydrogens is 304 g/mol. The van der Waals surface area contributed by atoms with E-state index in [1.807, 2.05) is 18.2 Å². The summed E-state index contributed by atoms with van der Waals surface area (Å²) in [5.74, 6) is -0.598. The Kier molecular flexibility index (Phi) is 10.0. The van der Waals surface area contributed by atoms with E-state index in [0.717, 1.165) is 18.4 Å². The average Bonchev–Trinajstić information content (AvgIpc) is 2.89. The highest BCUT2D eigenvalue weighted by Crippen LogP contribution is 2.29. The monoisotopic (exact) mass is 334 g/mol. The number of carbonyl (C=O) groups is 2. The van der Waals surface area contributed by atoms with Crippen molar-refractivity contribution in [1.82, 2.24) is 0 Å². The Hall–Kier alpha value is -1.68. The van der Waals surface area contributed by atoms with Gasteiger partial charge in [-0.15, -0.1) is 0 Å². The summed E-state index contributed by atoms with van der Waals surface area (Å²) in [5.41, 5.74) is 0.815. The molecular formula is C20H30O4. The van der Waals surface area contributed by atoms with Gasteiger partial charge >= 0.3 is 5.97 Å². The molecule has 1 saturated carbocycles. The Labute approximate surface area is 145 Å². The van der Waals surface area contributed by atoms with Gasteiger partial charge < -0.3 is 10.2 Å². The van der Waals surface area contributed by atoms with Crippen LogP contribution in [-0.4, -0.2) is 28.1 Å². The zero-order chi connectivity index (χ0) is 17.8. The predicted molar refractivity (Wildman–Crippen MR) is 95.7 cm³/mol. The normalized spacial score (nSPS) is 21.3. The fourth-order valence-electron chi connectivity index (χ4n) is 2.81. The number of carbonyl (C=O) groups excluding carboxylic acids is 1. The summed E-state index contributed by atoms with van der Waals surface area (Å²) in [5, 5.41) is 18.5. The fraction of sp³-hybridized carbons (Fsp3) is 0.600. The number of carboxylic acids is 1. The topological polar surface area (TPSA) is 74.6 Å². The van der Waals surface area contributed by atoms with E-state index in [9.17, 15) is 14.7 Å². The zero-order valence-electron chi connectivity index (χ0n) is 14.6. The minimum atomic E-state index is -0.844. The number of allylic oxidation sites excluding steroid dienone is 5. The van der Waals surface area contributed by atoms with E-state index in [-0.39, 0.29) is 18.1 Å². The summed E-state index contributed by atoms with van der Waals surface area (Å²) in [6, 6.07) is 0. The number of aliphatic hydroxyl groups is 1. The molecule has 0 aliphatic heterocycles. The van der Waals surface area contributed by atoms with Gasteiger partial charge in [-0.3, -0.25) is 9.59 Å². The molecule has 0 amide bonds. The first-order valence-electron chi connectivity index (χ1n) is 9.02. The lowest BCUT2D eigenvalue weighted by atomic mass is 9.99. The number of aliphatic carboxylic acids is 1. The Morgan fingerprint density at radius 2 is 2.12 bits per heavy atom. The van der Waals surface area contributed by atoms with Crippen molar-refractivity contribution >= 4 is 11.8 Å². The van der Waals surface area contributed by atoms with Gasteiger partial charge in [-0.05, 0) is 32.1 Å². The Morgan fingerprint density at radius 3 is 2.83 bits per heavy atom. The van der Waals surface area contributed by atoms with E-state index in [1.54, 1.807) is 6.08 Å². The number of hydrogen-bond donors (Lipinski definition) is 2. The van der Waals surface area contributed by atoms with Crippen LogP contribution in [0.4, 0.5) is 0 Å². The third kappa shape index (κ3) is 8.25. The first kappa shape index (κ1) is 20.4. The molecule has 24 heavy (non-hydrogen) atoms. The summed E-state index contributed by atoms with van der Waals surface area (Å²) in [4.78, 5) is 22.4. The lowest BCUT2D eigenvalue weighted by Gasteiger charge is -2.07. The molecule has 1 aliphatic rings. The van der Waals surface area contributed by atoms with E-state index in [1.165, 1.54) is 19.3 Å². The molecule has 0 saturated heterocycles. The first-order valence-corrected chi connectivity index (χ1v) is 9.02. The van der Waals surface area contributed by atoms with Gasteiger partial charge in [-0.25, -0.2) is 0 Å². The maximum absolute atomic E-state index is 12.0. The van der Waals surface area contributed by atoms with Crippen LogP contribution in [0.2, 0.25) is 0 Å². The molecule has 0 aromatic carbocycles. The van der Waals surface area contributed by atoms with Gasteiger partial charge in [-0.2, -0.15) is 0 Å². The highest BCUT2D eigenvalue weighted by molar-refractivity contribution is 5.98. The van der Waals surface area contributed by atoms with Crippen molar-refractivity contribution in [3.8, 4) is 0 Å². The summed E-state index contributed by atoms with van der Waals surface area (Å²) < 4.78 is 0. The minimum absolute atomic E-state index is 0.0620. The number of hydrogen-bond acceptors (Lipinski definition) is 3. The van der Waals surface area contributed by atoms with Gasteiger partial charge in [0.15, 0.2) is 5.78 Å². The highest BCUT2D eigenvalue weighted by Gasteiger charge is 2.25. The quantitative estimate of drug-likeness (QED) is 0.337. The van der Waals surface area contributed by atoms with Crippen LogP contribution in [0, 0.1) is 5.92 Å². The maximum atomic E-state index is 12.0. The van der Waals surface area contributed by atoms with E-state index >= 15 is 0 Å². The standard InChI is InChI=1S/C20H30O4/c1-2-3-4-5-6-7-10-18-16(13-15-19(18)22)12-14-17(21)9-8-11-20(23)24/h6-7,10,12,14,16-17,21H,2-5,8-9,11,13,15H2,1H3,(H,23,24)/b7-6-,14-12+,18-10+/t16-,17-/m1/s1. The summed E-state index contributed by atoms with van der Waals surface area (Å²) in [7, 11) is 0. The van der Waals surface area contributed by atoms with Crippen LogP contribution in [0.1, 0.15) is 64.7 Å². The highest BCUT2D eigenvalue weighted by atomic mass is 16.4. The van der Waals surface area contributed by atoms with Gasteiger partial charge in [0.25, 0.3) is 0 Å². The van der Waals surface area contributed by atoms with Crippen LogP contribution in [0.5, 0.6) is 0 Å². The summed E-state index contributed by atoms with van der Waals surface area (Å²) in [6.45, 7) is 2.18. The lowest BCUT2D eigenvalue weighted by Crippen LogP contribution is -2.05. The van der Waals surface area contributed by atoms with Crippen LogP contribution in [-0.2, 0) is 9.59 Å². The molecule has 0 aromatic rings. The second-order valence-electron chi connectivity index (χ2n) is 6.35. The average molecular weight is 334 g/mol. The molecule has 4 nitrogen and oxygen atoms in total. The molecule has 1 aliphatic carbocycles. The smallest absolute Gasteiger partial charge is 0.303 e. The third-order valence-corrected chi connectivity index (χ3v) is 4.25. The van der Waals surface area contributed by atoms with Crippen molar-refractivity contribution in [3.05, 3.63) is 36.0 Å². The van der Waals surface area contributed by atoms with Crippen LogP contribution >= 0.6 is 0 Å². The second-order valence-corrected chi connectivity index (χ2v) is 6.35. The summed E-state index contributed by atoms with van der Waals surface area (Å²) in [6.07, 6.45) is 15.9. The summed E-state index contributed by atoms with van der Waals surface area (Å²) >= 11 is 0. The van der Waals surface area contributed by atoms with Crippen LogP contribution < -0.4 is 0 Å². The zero-order valence-corrected chi connectivity index (χ0v) is 14.6. The van der Waals surface area contributed by atoms with E-state index in [4.69, 9.17) is 5.11 Å². The van der Waals surface area contributed by atoms with E-state index in [2.05, 4.69) is 13.0 Å². The van der Waals surface area contributed by atoms with Crippen molar-refractivity contribution in [2.75, 3.05) is 0 Å². The molecule has 2 atom stereocenters. The van der Waals surface area contributed by atoms with Gasteiger partial charge in [0.05, 0.1) is 6.10 Å². The number of rotatable bonds is 11. The second kappa shape index (κ2) is 11.8. The van der Waals surface area contributed by atoms with Crippen molar-refractivity contribution in [2.45, 2.75) is 70.8 Å². The number of aliphatic hydroxyl groups excluding tert-OH is 1. The van der Waals surface area contributed by atoms with E-state index < -0.39 is 12.1 Å².